The molecule has 9 heteroatoms. The molecule has 0 spiro atoms. The van der Waals surface area contributed by atoms with Crippen LogP contribution >= 0.6 is 0 Å². The molecule has 1 aromatic heterocycles. The fourth-order valence-corrected chi connectivity index (χ4v) is 4.62. The van der Waals surface area contributed by atoms with E-state index in [1.165, 1.54) is 30.5 Å². The zero-order valence-corrected chi connectivity index (χ0v) is 23.2. The first-order chi connectivity index (χ1) is 19.9. The van der Waals surface area contributed by atoms with Crippen molar-refractivity contribution < 1.29 is 23.1 Å². The fourth-order valence-electron chi connectivity index (χ4n) is 4.62. The third-order valence-electron chi connectivity index (χ3n) is 6.83. The number of anilines is 1. The van der Waals surface area contributed by atoms with Gasteiger partial charge in [-0.05, 0) is 66.1 Å². The average Bonchev–Trinajstić information content (AvgIpc) is 3.33. The van der Waals surface area contributed by atoms with E-state index in [0.29, 0.717) is 54.3 Å². The van der Waals surface area contributed by atoms with Gasteiger partial charge in [-0.25, -0.2) is 18.6 Å². The van der Waals surface area contributed by atoms with Gasteiger partial charge in [0.05, 0.1) is 16.7 Å². The fraction of sp³-hybridized carbons (Fsp3) is 0.250. The number of cyclic esters (lactones) is 1. The van der Waals surface area contributed by atoms with Crippen LogP contribution in [0.5, 0.6) is 0 Å². The number of piperazine rings is 1. The standard InChI is InChI=1S/C30H24F2N4O3.C2H6/c1-19(8-9-31)22-4-5-23-24(16-22)27(39-30(23)38)15-20-2-6-26(32)25(14-20)29(37)36-12-10-35(11-13-36)28-7-3-21(17-33)18-34-28;1-2/h2-8,14-16,18H,9-13H2,1H3;1-2H3/b19-8+,27-15-;. The maximum atomic E-state index is 14.8. The first-order valence-electron chi connectivity index (χ1n) is 13.4. The molecular formula is C32H30F2N4O3. The number of carbonyl (C=O) groups is 2. The number of rotatable bonds is 5. The molecule has 2 aliphatic heterocycles. The van der Waals surface area contributed by atoms with Crippen LogP contribution in [0.4, 0.5) is 14.6 Å². The molecule has 2 aliphatic rings. The van der Waals surface area contributed by atoms with Crippen molar-refractivity contribution in [3.8, 4) is 6.07 Å². The second-order valence-corrected chi connectivity index (χ2v) is 9.24. The van der Waals surface area contributed by atoms with Crippen molar-refractivity contribution in [3.63, 3.8) is 0 Å². The number of nitriles is 1. The monoisotopic (exact) mass is 556 g/mol. The molecule has 1 amide bonds. The van der Waals surface area contributed by atoms with Gasteiger partial charge in [-0.1, -0.05) is 32.1 Å². The maximum absolute atomic E-state index is 14.8. The number of amides is 1. The summed E-state index contributed by atoms with van der Waals surface area (Å²) in [6.45, 7) is 6.97. The van der Waals surface area contributed by atoms with E-state index in [1.807, 2.05) is 24.8 Å². The lowest BCUT2D eigenvalue weighted by Crippen LogP contribution is -2.49. The van der Waals surface area contributed by atoms with Gasteiger partial charge in [-0.15, -0.1) is 0 Å². The van der Waals surface area contributed by atoms with Gasteiger partial charge in [0.25, 0.3) is 5.91 Å². The number of halogens is 2. The zero-order valence-electron chi connectivity index (χ0n) is 23.2. The van der Waals surface area contributed by atoms with Gasteiger partial charge in [0, 0.05) is 37.9 Å². The molecule has 41 heavy (non-hydrogen) atoms. The number of ether oxygens (including phenoxy) is 1. The van der Waals surface area contributed by atoms with Crippen molar-refractivity contribution in [3.05, 3.63) is 100 Å². The van der Waals surface area contributed by atoms with Crippen molar-refractivity contribution in [1.29, 1.82) is 5.26 Å². The molecule has 2 aromatic carbocycles. The number of pyridine rings is 1. The van der Waals surface area contributed by atoms with Crippen molar-refractivity contribution in [2.45, 2.75) is 20.8 Å². The summed E-state index contributed by atoms with van der Waals surface area (Å²) in [5, 5.41) is 8.95. The molecule has 0 saturated carbocycles. The van der Waals surface area contributed by atoms with Gasteiger partial charge in [-0.2, -0.15) is 5.26 Å². The highest BCUT2D eigenvalue weighted by atomic mass is 19.1. The van der Waals surface area contributed by atoms with Gasteiger partial charge in [0.15, 0.2) is 0 Å². The average molecular weight is 557 g/mol. The Balaban J connectivity index is 0.00000189. The van der Waals surface area contributed by atoms with Crippen molar-refractivity contribution in [2.75, 3.05) is 37.8 Å². The number of nitrogens with zero attached hydrogens (tertiary/aromatic N) is 4. The van der Waals surface area contributed by atoms with Crippen LogP contribution in [-0.2, 0) is 4.74 Å². The third kappa shape index (κ3) is 6.33. The molecule has 3 heterocycles. The molecule has 0 radical (unpaired) electrons. The van der Waals surface area contributed by atoms with E-state index in [2.05, 4.69) is 4.98 Å². The van der Waals surface area contributed by atoms with Gasteiger partial charge < -0.3 is 14.5 Å². The topological polar surface area (TPSA) is 86.5 Å². The number of allylic oxidation sites excluding steroid dienone is 2. The summed E-state index contributed by atoms with van der Waals surface area (Å²) < 4.78 is 33.0. The minimum atomic E-state index is -0.642. The smallest absolute Gasteiger partial charge is 0.344 e. The van der Waals surface area contributed by atoms with Gasteiger partial charge >= 0.3 is 5.97 Å². The van der Waals surface area contributed by atoms with Gasteiger partial charge in [-0.3, -0.25) is 4.79 Å². The SMILES string of the molecule is C/C(=C\CF)c1ccc2c(c1)/C(=C/c1ccc(F)c(C(=O)N3CCN(c4ccc(C#N)cn4)CC3)c1)OC2=O.CC. The van der Waals surface area contributed by atoms with Crippen LogP contribution in [-0.4, -0.2) is 54.6 Å². The Labute approximate surface area is 238 Å². The molecule has 0 bridgehead atoms. The molecule has 210 valence electrons. The minimum absolute atomic E-state index is 0.0747. The van der Waals surface area contributed by atoms with Crippen molar-refractivity contribution >= 4 is 35.1 Å². The van der Waals surface area contributed by atoms with Crippen LogP contribution in [0.1, 0.15) is 63.7 Å². The number of carbonyl (C=O) groups excluding carboxylic acids is 2. The lowest BCUT2D eigenvalue weighted by molar-refractivity contribution is 0.0714. The van der Waals surface area contributed by atoms with E-state index in [-0.39, 0.29) is 11.3 Å². The number of fused-ring (bicyclic) bond motifs is 1. The molecule has 0 N–H and O–H groups in total. The van der Waals surface area contributed by atoms with E-state index in [9.17, 15) is 18.4 Å². The van der Waals surface area contributed by atoms with Crippen LogP contribution in [0.25, 0.3) is 17.4 Å². The summed E-state index contributed by atoms with van der Waals surface area (Å²) in [7, 11) is 0. The van der Waals surface area contributed by atoms with E-state index in [0.717, 1.165) is 11.1 Å². The van der Waals surface area contributed by atoms with Crippen molar-refractivity contribution in [1.82, 2.24) is 9.88 Å². The molecule has 5 rings (SSSR count). The summed E-state index contributed by atoms with van der Waals surface area (Å²) in [5.74, 6) is -0.595. The number of alkyl halides is 1. The Bertz CT molecular complexity index is 1550. The van der Waals surface area contributed by atoms with E-state index in [4.69, 9.17) is 10.00 Å². The van der Waals surface area contributed by atoms with Crippen molar-refractivity contribution in [2.24, 2.45) is 0 Å². The lowest BCUT2D eigenvalue weighted by Gasteiger charge is -2.35. The molecule has 1 saturated heterocycles. The molecule has 1 fully saturated rings. The summed E-state index contributed by atoms with van der Waals surface area (Å²) in [6, 6.07) is 14.8. The van der Waals surface area contributed by atoms with E-state index in [1.54, 1.807) is 48.2 Å². The first kappa shape index (κ1) is 29.2. The maximum Gasteiger partial charge on any atom is 0.344 e. The molecule has 0 atom stereocenters. The molecule has 0 unspecified atom stereocenters. The van der Waals surface area contributed by atoms with Crippen LogP contribution in [0.15, 0.2) is 60.8 Å². The highest BCUT2D eigenvalue weighted by Gasteiger charge is 2.28. The predicted octanol–water partition coefficient (Wildman–Crippen LogP) is 6.12. The number of hydrogen-bond donors (Lipinski definition) is 0. The summed E-state index contributed by atoms with van der Waals surface area (Å²) >= 11 is 0. The van der Waals surface area contributed by atoms with Gasteiger partial charge in [0.2, 0.25) is 0 Å². The summed E-state index contributed by atoms with van der Waals surface area (Å²) in [5.41, 5.74) is 3.30. The Morgan fingerprint density at radius 1 is 1.07 bits per heavy atom. The van der Waals surface area contributed by atoms with Gasteiger partial charge in [0.1, 0.15) is 30.1 Å². The van der Waals surface area contributed by atoms with E-state index < -0.39 is 24.4 Å². The Morgan fingerprint density at radius 2 is 1.83 bits per heavy atom. The summed E-state index contributed by atoms with van der Waals surface area (Å²) in [4.78, 5) is 33.5. The molecular weight excluding hydrogens is 526 g/mol. The second kappa shape index (κ2) is 13.0. The normalized spacial score (nSPS) is 15.6. The quantitative estimate of drug-likeness (QED) is 0.352. The predicted molar refractivity (Wildman–Crippen MR) is 154 cm³/mol. The van der Waals surface area contributed by atoms with Crippen LogP contribution < -0.4 is 4.90 Å². The minimum Gasteiger partial charge on any atom is -0.422 e. The Kier molecular flexibility index (Phi) is 9.25. The van der Waals surface area contributed by atoms with Crippen LogP contribution in [0, 0.1) is 17.1 Å². The number of esters is 1. The molecule has 7 nitrogen and oxygen atoms in total. The van der Waals surface area contributed by atoms with E-state index >= 15 is 0 Å². The highest BCUT2D eigenvalue weighted by Crippen LogP contribution is 2.34. The van der Waals surface area contributed by atoms with Crippen LogP contribution in [0.3, 0.4) is 0 Å². The largest absolute Gasteiger partial charge is 0.422 e. The Hall–Kier alpha value is -4.84. The Morgan fingerprint density at radius 3 is 2.49 bits per heavy atom. The van der Waals surface area contributed by atoms with Crippen LogP contribution in [0.2, 0.25) is 0 Å². The third-order valence-corrected chi connectivity index (χ3v) is 6.83. The number of benzene rings is 2. The number of hydrogen-bond acceptors (Lipinski definition) is 6. The summed E-state index contributed by atoms with van der Waals surface area (Å²) in [6.07, 6.45) is 4.54. The highest BCUT2D eigenvalue weighted by molar-refractivity contribution is 6.06. The zero-order chi connectivity index (χ0) is 29.5. The second-order valence-electron chi connectivity index (χ2n) is 9.24. The first-order valence-corrected chi connectivity index (χ1v) is 13.4. The lowest BCUT2D eigenvalue weighted by atomic mass is 9.99. The molecule has 0 aliphatic carbocycles. The number of aromatic nitrogens is 1. The molecule has 3 aromatic rings.